The number of hydrogen-bond acceptors (Lipinski definition) is 6. The van der Waals surface area contributed by atoms with Gasteiger partial charge >= 0.3 is 5.97 Å². The molecule has 6 nitrogen and oxygen atoms in total. The molecule has 1 rings (SSSR count). The van der Waals surface area contributed by atoms with E-state index in [1.807, 2.05) is 13.8 Å². The molecule has 6 heteroatoms. The number of hydrogen-bond donors (Lipinski definition) is 1. The van der Waals surface area contributed by atoms with Crippen molar-refractivity contribution in [1.29, 1.82) is 0 Å². The Morgan fingerprint density at radius 1 is 1.25 bits per heavy atom. The second-order valence-corrected chi connectivity index (χ2v) is 4.19. The minimum absolute atomic E-state index is 0.0191. The van der Waals surface area contributed by atoms with Crippen LogP contribution in [-0.4, -0.2) is 35.4 Å². The zero-order chi connectivity index (χ0) is 15.1. The molecule has 0 aliphatic carbocycles. The molecule has 0 amide bonds. The third kappa shape index (κ3) is 4.08. The molecule has 0 aliphatic rings. The Hall–Kier alpha value is -2.37. The third-order valence-electron chi connectivity index (χ3n) is 2.27. The first-order valence-electron chi connectivity index (χ1n) is 6.20. The van der Waals surface area contributed by atoms with Crippen LogP contribution < -0.4 is 4.74 Å². The maximum Gasteiger partial charge on any atom is 0.364 e. The molecule has 1 aromatic rings. The topological polar surface area (TPSA) is 85.2 Å². The van der Waals surface area contributed by atoms with Crippen LogP contribution in [0.5, 0.6) is 5.75 Å². The number of Topliss-reactive ketones (excluding diaryl/α,β-unsaturated/α-hetero) is 1. The summed E-state index contributed by atoms with van der Waals surface area (Å²) in [6.45, 7) is 5.45. The molecule has 0 fully saturated rings. The van der Waals surface area contributed by atoms with Gasteiger partial charge in [0.25, 0.3) is 0 Å². The van der Waals surface area contributed by atoms with E-state index in [-0.39, 0.29) is 18.3 Å². The summed E-state index contributed by atoms with van der Waals surface area (Å²) < 4.78 is 10.1. The maximum atomic E-state index is 12.0. The normalized spacial score (nSPS) is 11.3. The van der Waals surface area contributed by atoms with Crippen molar-refractivity contribution in [3.05, 3.63) is 29.8 Å². The van der Waals surface area contributed by atoms with Gasteiger partial charge in [-0.1, -0.05) is 5.16 Å². The van der Waals surface area contributed by atoms with E-state index >= 15 is 0 Å². The molecule has 0 bridgehead atoms. The fourth-order valence-electron chi connectivity index (χ4n) is 1.47. The lowest BCUT2D eigenvalue weighted by atomic mass is 10.1. The fourth-order valence-corrected chi connectivity index (χ4v) is 1.47. The van der Waals surface area contributed by atoms with Gasteiger partial charge in [0.1, 0.15) is 5.75 Å². The molecule has 0 radical (unpaired) electrons. The van der Waals surface area contributed by atoms with Crippen molar-refractivity contribution >= 4 is 17.5 Å². The largest absolute Gasteiger partial charge is 0.491 e. The summed E-state index contributed by atoms with van der Waals surface area (Å²) in [5.74, 6) is -1.06. The van der Waals surface area contributed by atoms with Crippen LogP contribution >= 0.6 is 0 Å². The van der Waals surface area contributed by atoms with Gasteiger partial charge in [-0.25, -0.2) is 4.79 Å². The van der Waals surface area contributed by atoms with Gasteiger partial charge in [0.15, 0.2) is 0 Å². The Morgan fingerprint density at radius 3 is 2.30 bits per heavy atom. The quantitative estimate of drug-likeness (QED) is 0.215. The first-order valence-corrected chi connectivity index (χ1v) is 6.20. The van der Waals surface area contributed by atoms with Gasteiger partial charge in [-0.05, 0) is 45.0 Å². The molecule has 0 aromatic heterocycles. The number of ether oxygens (including phenoxy) is 2. The molecule has 0 heterocycles. The Labute approximate surface area is 117 Å². The molecular weight excluding hydrogens is 262 g/mol. The van der Waals surface area contributed by atoms with Crippen LogP contribution in [0.15, 0.2) is 29.4 Å². The summed E-state index contributed by atoms with van der Waals surface area (Å²) in [4.78, 5) is 23.4. The molecule has 0 atom stereocenters. The zero-order valence-corrected chi connectivity index (χ0v) is 11.6. The van der Waals surface area contributed by atoms with Crippen molar-refractivity contribution in [2.45, 2.75) is 26.9 Å². The van der Waals surface area contributed by atoms with E-state index in [1.165, 1.54) is 12.1 Å². The SMILES string of the molecule is CCOC(=O)C(=NO)C(=O)c1ccc(OC(C)C)cc1. The minimum atomic E-state index is -0.956. The predicted octanol–water partition coefficient (Wildman–Crippen LogP) is 2.05. The first kappa shape index (κ1) is 15.7. The first-order chi connectivity index (χ1) is 9.49. The van der Waals surface area contributed by atoms with Crippen LogP contribution in [0.1, 0.15) is 31.1 Å². The smallest absolute Gasteiger partial charge is 0.364 e. The second-order valence-electron chi connectivity index (χ2n) is 4.19. The minimum Gasteiger partial charge on any atom is -0.491 e. The molecule has 0 aliphatic heterocycles. The standard InChI is InChI=1S/C14H17NO5/c1-4-19-14(17)12(15-18)13(16)10-5-7-11(8-6-10)20-9(2)3/h5-9,18H,4H2,1-3H3. The Bertz CT molecular complexity index is 505. The van der Waals surface area contributed by atoms with Crippen molar-refractivity contribution < 1.29 is 24.3 Å². The number of carbonyl (C=O) groups is 2. The van der Waals surface area contributed by atoms with Gasteiger partial charge < -0.3 is 14.7 Å². The van der Waals surface area contributed by atoms with E-state index in [1.54, 1.807) is 19.1 Å². The number of rotatable bonds is 6. The number of oxime groups is 1. The monoisotopic (exact) mass is 279 g/mol. The Balaban J connectivity index is 2.88. The van der Waals surface area contributed by atoms with E-state index < -0.39 is 17.5 Å². The van der Waals surface area contributed by atoms with Crippen LogP contribution in [0.4, 0.5) is 0 Å². The van der Waals surface area contributed by atoms with E-state index in [9.17, 15) is 9.59 Å². The molecule has 0 spiro atoms. The van der Waals surface area contributed by atoms with Gasteiger partial charge in [-0.2, -0.15) is 0 Å². The van der Waals surface area contributed by atoms with Gasteiger partial charge in [0.2, 0.25) is 11.5 Å². The summed E-state index contributed by atoms with van der Waals surface area (Å²) in [6.07, 6.45) is 0.0191. The Morgan fingerprint density at radius 2 is 1.85 bits per heavy atom. The predicted molar refractivity (Wildman–Crippen MR) is 72.4 cm³/mol. The van der Waals surface area contributed by atoms with E-state index in [0.717, 1.165) is 0 Å². The molecular formula is C14H17NO5. The summed E-state index contributed by atoms with van der Waals surface area (Å²) in [5, 5.41) is 11.5. The third-order valence-corrected chi connectivity index (χ3v) is 2.27. The highest BCUT2D eigenvalue weighted by Gasteiger charge is 2.24. The zero-order valence-electron chi connectivity index (χ0n) is 11.6. The number of carbonyl (C=O) groups excluding carboxylic acids is 2. The van der Waals surface area contributed by atoms with Gasteiger partial charge in [0, 0.05) is 5.56 Å². The van der Waals surface area contributed by atoms with Gasteiger partial charge in [0.05, 0.1) is 12.7 Å². The summed E-state index contributed by atoms with van der Waals surface area (Å²) in [5.41, 5.74) is -0.439. The van der Waals surface area contributed by atoms with Crippen LogP contribution in [0, 0.1) is 0 Å². The van der Waals surface area contributed by atoms with Crippen LogP contribution in [-0.2, 0) is 9.53 Å². The number of ketones is 1. The van der Waals surface area contributed by atoms with Crippen molar-refractivity contribution in [2.24, 2.45) is 5.16 Å². The van der Waals surface area contributed by atoms with Crippen molar-refractivity contribution in [1.82, 2.24) is 0 Å². The number of benzene rings is 1. The summed E-state index contributed by atoms with van der Waals surface area (Å²) in [6, 6.07) is 6.19. The number of esters is 1. The summed E-state index contributed by atoms with van der Waals surface area (Å²) in [7, 11) is 0. The highest BCUT2D eigenvalue weighted by molar-refractivity contribution is 6.67. The lowest BCUT2D eigenvalue weighted by molar-refractivity contribution is -0.135. The maximum absolute atomic E-state index is 12.0. The molecule has 0 unspecified atom stereocenters. The second kappa shape index (κ2) is 7.28. The van der Waals surface area contributed by atoms with Crippen molar-refractivity contribution in [3.63, 3.8) is 0 Å². The van der Waals surface area contributed by atoms with Crippen molar-refractivity contribution in [3.8, 4) is 5.75 Å². The van der Waals surface area contributed by atoms with E-state index in [2.05, 4.69) is 9.89 Å². The molecule has 0 saturated carbocycles. The molecule has 1 aromatic carbocycles. The molecule has 108 valence electrons. The van der Waals surface area contributed by atoms with Crippen LogP contribution in [0.25, 0.3) is 0 Å². The highest BCUT2D eigenvalue weighted by atomic mass is 16.5. The van der Waals surface area contributed by atoms with Crippen LogP contribution in [0.3, 0.4) is 0 Å². The summed E-state index contributed by atoms with van der Waals surface area (Å²) >= 11 is 0. The average Bonchev–Trinajstić information content (AvgIpc) is 2.40. The van der Waals surface area contributed by atoms with Gasteiger partial charge in [-0.15, -0.1) is 0 Å². The van der Waals surface area contributed by atoms with E-state index in [0.29, 0.717) is 5.75 Å². The number of nitrogens with zero attached hydrogens (tertiary/aromatic N) is 1. The molecule has 0 saturated heterocycles. The lowest BCUT2D eigenvalue weighted by Gasteiger charge is -2.09. The Kier molecular flexibility index (Phi) is 5.71. The van der Waals surface area contributed by atoms with Gasteiger partial charge in [-0.3, -0.25) is 4.79 Å². The molecule has 20 heavy (non-hydrogen) atoms. The highest BCUT2D eigenvalue weighted by Crippen LogP contribution is 2.14. The average molecular weight is 279 g/mol. The van der Waals surface area contributed by atoms with E-state index in [4.69, 9.17) is 9.94 Å². The van der Waals surface area contributed by atoms with Crippen LogP contribution in [0.2, 0.25) is 0 Å². The fraction of sp³-hybridized carbons (Fsp3) is 0.357. The lowest BCUT2D eigenvalue weighted by Crippen LogP contribution is -2.26. The molecule has 1 N–H and O–H groups in total. The van der Waals surface area contributed by atoms with Crippen molar-refractivity contribution in [2.75, 3.05) is 6.61 Å².